The molecule has 0 saturated carbocycles. The fraction of sp³-hybridized carbons (Fsp3) is 0.364. The van der Waals surface area contributed by atoms with Gasteiger partial charge in [-0.2, -0.15) is 11.8 Å². The Morgan fingerprint density at radius 2 is 2.19 bits per heavy atom. The summed E-state index contributed by atoms with van der Waals surface area (Å²) in [7, 11) is 0. The molecule has 2 N–H and O–H groups in total. The maximum atomic E-state index is 5.89. The van der Waals surface area contributed by atoms with Crippen LogP contribution in [0.4, 0.5) is 5.82 Å². The molecule has 2 aromatic rings. The zero-order chi connectivity index (χ0) is 11.1. The van der Waals surface area contributed by atoms with Crippen LogP contribution in [0.1, 0.15) is 17.1 Å². The van der Waals surface area contributed by atoms with E-state index in [4.69, 9.17) is 5.73 Å². The van der Waals surface area contributed by atoms with E-state index in [1.165, 1.54) is 11.3 Å². The van der Waals surface area contributed by atoms with Crippen LogP contribution in [0.25, 0.3) is 11.0 Å². The lowest BCUT2D eigenvalue weighted by Gasteiger charge is -2.15. The fourth-order valence-corrected chi connectivity index (χ4v) is 2.91. The molecule has 3 rings (SSSR count). The summed E-state index contributed by atoms with van der Waals surface area (Å²) in [5.74, 6) is 3.38. The fourth-order valence-electron chi connectivity index (χ4n) is 1.96. The highest BCUT2D eigenvalue weighted by molar-refractivity contribution is 7.98. The lowest BCUT2D eigenvalue weighted by atomic mass is 10.1. The molecule has 0 aromatic carbocycles. The predicted molar refractivity (Wildman–Crippen MR) is 66.3 cm³/mol. The smallest absolute Gasteiger partial charge is 0.165 e. The molecule has 0 unspecified atom stereocenters. The summed E-state index contributed by atoms with van der Waals surface area (Å²) in [6.07, 6.45) is 1.03. The number of aromatic nitrogens is 3. The Bertz CT molecular complexity index is 567. The van der Waals surface area contributed by atoms with E-state index in [-0.39, 0.29) is 0 Å². The van der Waals surface area contributed by atoms with Crippen molar-refractivity contribution in [2.45, 2.75) is 19.1 Å². The van der Waals surface area contributed by atoms with Crippen LogP contribution in [0.3, 0.4) is 0 Å². The second kappa shape index (κ2) is 3.59. The molecule has 2 aromatic heterocycles. The molecule has 4 nitrogen and oxygen atoms in total. The molecule has 1 aliphatic rings. The van der Waals surface area contributed by atoms with Gasteiger partial charge in [0.05, 0.1) is 5.39 Å². The second-order valence-corrected chi connectivity index (χ2v) is 5.03. The van der Waals surface area contributed by atoms with Gasteiger partial charge in [-0.1, -0.05) is 0 Å². The van der Waals surface area contributed by atoms with Crippen LogP contribution in [0.5, 0.6) is 0 Å². The molecule has 0 bridgehead atoms. The molecule has 3 heterocycles. The number of pyridine rings is 1. The molecule has 0 saturated heterocycles. The Kier molecular flexibility index (Phi) is 2.21. The van der Waals surface area contributed by atoms with Gasteiger partial charge in [-0.3, -0.25) is 0 Å². The number of thioether (sulfide) groups is 1. The number of nitrogens with two attached hydrogens (primary N) is 1. The first kappa shape index (κ1) is 9.84. The zero-order valence-corrected chi connectivity index (χ0v) is 9.84. The summed E-state index contributed by atoms with van der Waals surface area (Å²) in [5, 5.41) is 0.881. The van der Waals surface area contributed by atoms with Crippen LogP contribution in [0.2, 0.25) is 0 Å². The van der Waals surface area contributed by atoms with Gasteiger partial charge >= 0.3 is 0 Å². The van der Waals surface area contributed by atoms with Crippen molar-refractivity contribution in [2.75, 3.05) is 11.5 Å². The van der Waals surface area contributed by atoms with E-state index in [1.54, 1.807) is 0 Å². The van der Waals surface area contributed by atoms with Crippen LogP contribution in [0.15, 0.2) is 6.07 Å². The first-order valence-electron chi connectivity index (χ1n) is 5.24. The monoisotopic (exact) mass is 232 g/mol. The molecule has 0 amide bonds. The molecule has 0 spiro atoms. The SMILES string of the molecule is Cc1nc(N)c2cc3c(nc2n1)CCSC3. The maximum Gasteiger partial charge on any atom is 0.165 e. The molecule has 0 radical (unpaired) electrons. The maximum absolute atomic E-state index is 5.89. The third kappa shape index (κ3) is 1.51. The molecule has 16 heavy (non-hydrogen) atoms. The highest BCUT2D eigenvalue weighted by Gasteiger charge is 2.14. The van der Waals surface area contributed by atoms with E-state index in [1.807, 2.05) is 18.7 Å². The summed E-state index contributed by atoms with van der Waals surface area (Å²) in [6, 6.07) is 2.10. The minimum Gasteiger partial charge on any atom is -0.383 e. The van der Waals surface area contributed by atoms with Crippen molar-refractivity contribution < 1.29 is 0 Å². The Hall–Kier alpha value is -1.36. The van der Waals surface area contributed by atoms with E-state index in [0.717, 1.165) is 29.0 Å². The van der Waals surface area contributed by atoms with Gasteiger partial charge in [0.2, 0.25) is 0 Å². The number of nitrogen functional groups attached to an aromatic ring is 1. The first-order valence-corrected chi connectivity index (χ1v) is 6.40. The van der Waals surface area contributed by atoms with Gasteiger partial charge in [-0.25, -0.2) is 15.0 Å². The number of rotatable bonds is 0. The van der Waals surface area contributed by atoms with E-state index in [0.29, 0.717) is 11.6 Å². The Morgan fingerprint density at radius 1 is 1.31 bits per heavy atom. The van der Waals surface area contributed by atoms with Crippen molar-refractivity contribution in [2.24, 2.45) is 0 Å². The van der Waals surface area contributed by atoms with E-state index >= 15 is 0 Å². The van der Waals surface area contributed by atoms with Gasteiger partial charge in [-0.15, -0.1) is 0 Å². The molecule has 0 aliphatic carbocycles. The van der Waals surface area contributed by atoms with Crippen molar-refractivity contribution in [3.63, 3.8) is 0 Å². The molecule has 82 valence electrons. The minimum atomic E-state index is 0.536. The second-order valence-electron chi connectivity index (χ2n) is 3.92. The third-order valence-electron chi connectivity index (χ3n) is 2.74. The Balaban J connectivity index is 2.31. The molecule has 1 aliphatic heterocycles. The average molecular weight is 232 g/mol. The molecular weight excluding hydrogens is 220 g/mol. The van der Waals surface area contributed by atoms with Crippen LogP contribution >= 0.6 is 11.8 Å². The van der Waals surface area contributed by atoms with E-state index < -0.39 is 0 Å². The number of aryl methyl sites for hydroxylation is 2. The normalized spacial score (nSPS) is 15.1. The highest BCUT2D eigenvalue weighted by atomic mass is 32.2. The number of fused-ring (bicyclic) bond motifs is 2. The summed E-state index contributed by atoms with van der Waals surface area (Å²) in [5.41, 5.74) is 9.07. The Labute approximate surface area is 97.7 Å². The van der Waals surface area contributed by atoms with Gasteiger partial charge in [0.15, 0.2) is 5.65 Å². The lowest BCUT2D eigenvalue weighted by Crippen LogP contribution is -2.07. The summed E-state index contributed by atoms with van der Waals surface area (Å²) in [4.78, 5) is 13.1. The first-order chi connectivity index (χ1) is 7.74. The lowest BCUT2D eigenvalue weighted by molar-refractivity contribution is 0.988. The number of nitrogens with zero attached hydrogens (tertiary/aromatic N) is 3. The predicted octanol–water partition coefficient (Wildman–Crippen LogP) is 1.70. The van der Waals surface area contributed by atoms with Gasteiger partial charge in [0.25, 0.3) is 0 Å². The van der Waals surface area contributed by atoms with Gasteiger partial charge in [0, 0.05) is 11.4 Å². The van der Waals surface area contributed by atoms with Crippen molar-refractivity contribution in [1.29, 1.82) is 0 Å². The largest absolute Gasteiger partial charge is 0.383 e. The third-order valence-corrected chi connectivity index (χ3v) is 3.75. The Morgan fingerprint density at radius 3 is 3.06 bits per heavy atom. The number of hydrogen-bond donors (Lipinski definition) is 1. The van der Waals surface area contributed by atoms with E-state index in [9.17, 15) is 0 Å². The quantitative estimate of drug-likeness (QED) is 0.749. The molecular formula is C11H12N4S. The van der Waals surface area contributed by atoms with Gasteiger partial charge < -0.3 is 5.73 Å². The average Bonchev–Trinajstić information content (AvgIpc) is 2.27. The summed E-state index contributed by atoms with van der Waals surface area (Å²) < 4.78 is 0. The minimum absolute atomic E-state index is 0.536. The van der Waals surface area contributed by atoms with Crippen LogP contribution in [-0.4, -0.2) is 20.7 Å². The molecule has 0 atom stereocenters. The number of hydrogen-bond acceptors (Lipinski definition) is 5. The molecule has 5 heteroatoms. The van der Waals surface area contributed by atoms with E-state index in [2.05, 4.69) is 21.0 Å². The van der Waals surface area contributed by atoms with Gasteiger partial charge in [0.1, 0.15) is 11.6 Å². The molecule has 0 fully saturated rings. The van der Waals surface area contributed by atoms with Crippen molar-refractivity contribution in [1.82, 2.24) is 15.0 Å². The highest BCUT2D eigenvalue weighted by Crippen LogP contribution is 2.27. The van der Waals surface area contributed by atoms with Crippen molar-refractivity contribution in [3.8, 4) is 0 Å². The van der Waals surface area contributed by atoms with Crippen molar-refractivity contribution >= 4 is 28.6 Å². The van der Waals surface area contributed by atoms with Crippen LogP contribution in [0, 0.1) is 6.92 Å². The van der Waals surface area contributed by atoms with Gasteiger partial charge in [-0.05, 0) is 30.7 Å². The standard InChI is InChI=1S/C11H12N4S/c1-6-13-10(12)8-4-7-5-16-3-2-9(7)15-11(8)14-6/h4H,2-3,5H2,1H3,(H2,12,13,14,15). The zero-order valence-electron chi connectivity index (χ0n) is 9.03. The summed E-state index contributed by atoms with van der Waals surface area (Å²) in [6.45, 7) is 1.84. The number of anilines is 1. The summed E-state index contributed by atoms with van der Waals surface area (Å²) >= 11 is 1.93. The van der Waals surface area contributed by atoms with Crippen LogP contribution in [-0.2, 0) is 12.2 Å². The van der Waals surface area contributed by atoms with Crippen LogP contribution < -0.4 is 5.73 Å². The topological polar surface area (TPSA) is 64.7 Å². The van der Waals surface area contributed by atoms with Crippen molar-refractivity contribution in [3.05, 3.63) is 23.1 Å².